The van der Waals surface area contributed by atoms with Crippen LogP contribution in [0.25, 0.3) is 0 Å². The average molecular weight is 290 g/mol. The van der Waals surface area contributed by atoms with E-state index in [2.05, 4.69) is 6.92 Å². The van der Waals surface area contributed by atoms with Gasteiger partial charge in [0.15, 0.2) is 0 Å². The summed E-state index contributed by atoms with van der Waals surface area (Å²) in [7, 11) is 0. The summed E-state index contributed by atoms with van der Waals surface area (Å²) in [5, 5.41) is 0.127. The molecule has 0 unspecified atom stereocenters. The Labute approximate surface area is 93.7 Å². The van der Waals surface area contributed by atoms with Gasteiger partial charge in [0.1, 0.15) is 0 Å². The molecule has 0 saturated heterocycles. The van der Waals surface area contributed by atoms with E-state index in [1.54, 1.807) is 12.1 Å². The molecule has 0 N–H and O–H groups in total. The van der Waals surface area contributed by atoms with Crippen LogP contribution >= 0.6 is 28.6 Å². The second-order valence-electron chi connectivity index (χ2n) is 1.71. The molecule has 0 aliphatic rings. The molecule has 4 heteroatoms. The molecular formula is C7H6BrClFZn-. The van der Waals surface area contributed by atoms with Crippen molar-refractivity contribution < 1.29 is 23.9 Å². The van der Waals surface area contributed by atoms with Crippen LogP contribution in [0.5, 0.6) is 0 Å². The van der Waals surface area contributed by atoms with Gasteiger partial charge in [-0.1, -0.05) is 17.7 Å². The molecule has 0 aromatic heterocycles. The number of rotatable bonds is 0. The topological polar surface area (TPSA) is 0 Å². The predicted octanol–water partition coefficient (Wildman–Crippen LogP) is 3.24. The Morgan fingerprint density at radius 2 is 1.91 bits per heavy atom. The summed E-state index contributed by atoms with van der Waals surface area (Å²) in [6.07, 6.45) is 0. The van der Waals surface area contributed by atoms with Gasteiger partial charge >= 0.3 is 0 Å². The van der Waals surface area contributed by atoms with Crippen LogP contribution < -0.4 is 0 Å². The Kier molecular flexibility index (Phi) is 7.60. The third-order valence-electron chi connectivity index (χ3n) is 1.03. The molecular weight excluding hydrogens is 284 g/mol. The van der Waals surface area contributed by atoms with E-state index >= 15 is 0 Å². The summed E-state index contributed by atoms with van der Waals surface area (Å²) >= 11 is 5.40. The van der Waals surface area contributed by atoms with Crippen molar-refractivity contribution in [1.29, 1.82) is 0 Å². The molecule has 11 heavy (non-hydrogen) atoms. The van der Waals surface area contributed by atoms with E-state index in [0.717, 1.165) is 0 Å². The molecule has 0 spiro atoms. The Balaban J connectivity index is 0. The summed E-state index contributed by atoms with van der Waals surface area (Å²) in [6, 6.07) is 4.72. The van der Waals surface area contributed by atoms with Crippen LogP contribution in [-0.2, 0) is 19.5 Å². The number of hydrogen-bond acceptors (Lipinski definition) is 0. The molecule has 0 fully saturated rings. The van der Waals surface area contributed by atoms with Crippen molar-refractivity contribution in [3.8, 4) is 0 Å². The first-order valence-electron chi connectivity index (χ1n) is 2.48. The van der Waals surface area contributed by atoms with E-state index in [9.17, 15) is 4.39 Å². The van der Waals surface area contributed by atoms with Gasteiger partial charge in [-0.15, -0.1) is 23.0 Å². The van der Waals surface area contributed by atoms with E-state index in [4.69, 9.17) is 11.6 Å². The van der Waals surface area contributed by atoms with E-state index in [-0.39, 0.29) is 41.5 Å². The fourth-order valence-electron chi connectivity index (χ4n) is 0.548. The Bertz CT molecular complexity index is 209. The molecule has 1 rings (SSSR count). The molecule has 0 bridgehead atoms. The number of halogens is 3. The van der Waals surface area contributed by atoms with E-state index < -0.39 is 5.82 Å². The quantitative estimate of drug-likeness (QED) is 0.508. The second-order valence-corrected chi connectivity index (χ2v) is 2.12. The molecule has 1 aromatic carbocycles. The molecule has 0 nitrogen and oxygen atoms in total. The van der Waals surface area contributed by atoms with Crippen LogP contribution in [-0.4, -0.2) is 0 Å². The summed E-state index contributed by atoms with van der Waals surface area (Å²) in [5.74, 6) is -0.431. The van der Waals surface area contributed by atoms with Gasteiger partial charge in [0.05, 0.1) is 0 Å². The first-order chi connectivity index (χ1) is 4.22. The predicted molar refractivity (Wildman–Crippen MR) is 46.2 cm³/mol. The third kappa shape index (κ3) is 3.55. The maximum Gasteiger partial charge on any atom is 0.0342 e. The van der Waals surface area contributed by atoms with Crippen LogP contribution in [0.1, 0.15) is 5.56 Å². The zero-order chi connectivity index (χ0) is 6.85. The summed E-state index contributed by atoms with van der Waals surface area (Å²) < 4.78 is 12.5. The molecule has 1 aromatic rings. The van der Waals surface area contributed by atoms with Crippen LogP contribution in [0.4, 0.5) is 4.39 Å². The van der Waals surface area contributed by atoms with Crippen molar-refractivity contribution in [2.45, 2.75) is 0 Å². The second kappa shape index (κ2) is 5.99. The Morgan fingerprint density at radius 1 is 1.36 bits per heavy atom. The maximum atomic E-state index is 12.5. The molecule has 0 atom stereocenters. The maximum absolute atomic E-state index is 12.5. The molecule has 0 aliphatic carbocycles. The molecule has 0 aliphatic heterocycles. The van der Waals surface area contributed by atoms with Crippen molar-refractivity contribution in [1.82, 2.24) is 0 Å². The summed E-state index contributed by atoms with van der Waals surface area (Å²) in [5.41, 5.74) is 0.336. The van der Waals surface area contributed by atoms with Gasteiger partial charge in [-0.05, 0) is 0 Å². The zero-order valence-corrected chi connectivity index (χ0v) is 11.2. The van der Waals surface area contributed by atoms with Crippen molar-refractivity contribution in [3.05, 3.63) is 41.5 Å². The van der Waals surface area contributed by atoms with Crippen molar-refractivity contribution in [2.75, 3.05) is 0 Å². The SMILES string of the molecule is Br.[CH2-]c1cccc(Cl)c1F.[Zn]. The van der Waals surface area contributed by atoms with Crippen molar-refractivity contribution in [2.24, 2.45) is 0 Å². The standard InChI is InChI=1S/C7H5ClF.BrH.Zn/c1-5-3-2-4-6(8)7(5)9;;/h2-4H,1H2;1H;/q-1;;. The first-order valence-corrected chi connectivity index (χ1v) is 2.85. The van der Waals surface area contributed by atoms with E-state index in [1.807, 2.05) is 0 Å². The summed E-state index contributed by atoms with van der Waals surface area (Å²) in [6.45, 7) is 3.42. The fourth-order valence-corrected chi connectivity index (χ4v) is 0.743. The van der Waals surface area contributed by atoms with Crippen LogP contribution in [0.3, 0.4) is 0 Å². The Morgan fingerprint density at radius 3 is 2.27 bits per heavy atom. The van der Waals surface area contributed by atoms with Gasteiger partial charge in [-0.2, -0.15) is 18.6 Å². The Hall–Kier alpha value is 0.413. The molecule has 0 heterocycles. The van der Waals surface area contributed by atoms with E-state index in [0.29, 0.717) is 5.56 Å². The van der Waals surface area contributed by atoms with Crippen LogP contribution in [0.2, 0.25) is 5.02 Å². The van der Waals surface area contributed by atoms with Crippen LogP contribution in [0, 0.1) is 12.7 Å². The average Bonchev–Trinajstić information content (AvgIpc) is 1.83. The van der Waals surface area contributed by atoms with E-state index in [1.165, 1.54) is 6.07 Å². The van der Waals surface area contributed by atoms with Gasteiger partial charge in [0.2, 0.25) is 0 Å². The molecule has 58 valence electrons. The molecule has 0 amide bonds. The normalized spacial score (nSPS) is 7.82. The minimum absolute atomic E-state index is 0. The third-order valence-corrected chi connectivity index (χ3v) is 1.32. The smallest absolute Gasteiger partial charge is 0.0342 e. The largest absolute Gasteiger partial charge is 0.282 e. The van der Waals surface area contributed by atoms with Crippen LogP contribution in [0.15, 0.2) is 18.2 Å². The number of benzene rings is 1. The summed E-state index contributed by atoms with van der Waals surface area (Å²) in [4.78, 5) is 0. The van der Waals surface area contributed by atoms with Crippen molar-refractivity contribution in [3.63, 3.8) is 0 Å². The van der Waals surface area contributed by atoms with Gasteiger partial charge in [-0.3, -0.25) is 4.39 Å². The minimum atomic E-state index is -0.431. The number of hydrogen-bond donors (Lipinski definition) is 0. The molecule has 0 radical (unpaired) electrons. The first kappa shape index (κ1) is 14.0. The zero-order valence-electron chi connectivity index (χ0n) is 5.81. The fraction of sp³-hybridized carbons (Fsp3) is 0. The van der Waals surface area contributed by atoms with Crippen molar-refractivity contribution >= 4 is 28.6 Å². The van der Waals surface area contributed by atoms with Gasteiger partial charge in [0.25, 0.3) is 0 Å². The molecule has 0 saturated carbocycles. The van der Waals surface area contributed by atoms with Gasteiger partial charge in [-0.25, -0.2) is 0 Å². The monoisotopic (exact) mass is 287 g/mol. The van der Waals surface area contributed by atoms with Gasteiger partial charge < -0.3 is 0 Å². The van der Waals surface area contributed by atoms with Gasteiger partial charge in [0, 0.05) is 30.3 Å². The minimum Gasteiger partial charge on any atom is -0.282 e.